The largest absolute Gasteiger partial charge is 0.409 e. The van der Waals surface area contributed by atoms with Gasteiger partial charge in [0.25, 0.3) is 0 Å². The first kappa shape index (κ1) is 13.0. The maximum absolute atomic E-state index is 9.12. The highest BCUT2D eigenvalue weighted by Gasteiger charge is 2.22. The minimum atomic E-state index is 0.00112. The minimum absolute atomic E-state index is 0.00112. The van der Waals surface area contributed by atoms with Crippen LogP contribution in [-0.2, 0) is 0 Å². The van der Waals surface area contributed by atoms with Crippen molar-refractivity contribution in [1.29, 1.82) is 0 Å². The highest BCUT2D eigenvalue weighted by Crippen LogP contribution is 2.28. The van der Waals surface area contributed by atoms with E-state index in [1.807, 2.05) is 6.07 Å². The molecule has 0 saturated carbocycles. The number of hydrogen-bond acceptors (Lipinski definition) is 4. The quantitative estimate of drug-likeness (QED) is 0.334. The van der Waals surface area contributed by atoms with Crippen LogP contribution in [0, 0.1) is 5.92 Å². The normalized spacial score (nSPS) is 20.4. The van der Waals surface area contributed by atoms with Gasteiger partial charge in [-0.3, -0.25) is 0 Å². The van der Waals surface area contributed by atoms with Crippen molar-refractivity contribution in [2.75, 3.05) is 24.6 Å². The Kier molecular flexibility index (Phi) is 3.93. The van der Waals surface area contributed by atoms with Gasteiger partial charge in [-0.1, -0.05) is 16.8 Å². The van der Waals surface area contributed by atoms with E-state index in [2.05, 4.69) is 10.1 Å². The lowest BCUT2D eigenvalue weighted by Crippen LogP contribution is -2.21. The molecule has 4 N–H and O–H groups in total. The maximum atomic E-state index is 9.12. The molecule has 98 valence electrons. The van der Waals surface area contributed by atoms with Gasteiger partial charge in [0.15, 0.2) is 5.84 Å². The number of benzene rings is 1. The molecule has 1 atom stereocenters. The molecule has 0 bridgehead atoms. The van der Waals surface area contributed by atoms with Crippen LogP contribution < -0.4 is 10.6 Å². The van der Waals surface area contributed by atoms with Crippen molar-refractivity contribution in [2.24, 2.45) is 16.8 Å². The molecule has 18 heavy (non-hydrogen) atoms. The minimum Gasteiger partial charge on any atom is -0.409 e. The fourth-order valence-corrected chi connectivity index (χ4v) is 2.45. The molecule has 1 heterocycles. The molecule has 0 radical (unpaired) electrons. The number of nitrogens with zero attached hydrogens (tertiary/aromatic N) is 2. The van der Waals surface area contributed by atoms with Gasteiger partial charge in [0, 0.05) is 36.9 Å². The standard InChI is InChI=1S/C12H16ClN3O2/c13-11-5-9(1-2-10(11)12(14)15-18)16-4-3-8(6-16)7-17/h1-2,5,8,17-18H,3-4,6-7H2,(H2,14,15). The van der Waals surface area contributed by atoms with Gasteiger partial charge < -0.3 is 20.9 Å². The van der Waals surface area contributed by atoms with Crippen LogP contribution in [0.3, 0.4) is 0 Å². The molecule has 0 aliphatic carbocycles. The first-order chi connectivity index (χ1) is 8.65. The average molecular weight is 270 g/mol. The summed E-state index contributed by atoms with van der Waals surface area (Å²) in [5.74, 6) is 0.328. The van der Waals surface area contributed by atoms with Gasteiger partial charge in [-0.15, -0.1) is 0 Å². The Bertz CT molecular complexity index is 465. The number of aliphatic hydroxyl groups is 1. The molecule has 1 saturated heterocycles. The van der Waals surface area contributed by atoms with Crippen LogP contribution in [0.15, 0.2) is 23.4 Å². The summed E-state index contributed by atoms with van der Waals surface area (Å²) in [7, 11) is 0. The zero-order chi connectivity index (χ0) is 13.1. The van der Waals surface area contributed by atoms with Crippen molar-refractivity contribution in [3.8, 4) is 0 Å². The van der Waals surface area contributed by atoms with E-state index in [0.717, 1.165) is 25.2 Å². The van der Waals surface area contributed by atoms with Gasteiger partial charge in [-0.25, -0.2) is 0 Å². The second kappa shape index (κ2) is 5.46. The smallest absolute Gasteiger partial charge is 0.171 e. The van der Waals surface area contributed by atoms with E-state index in [-0.39, 0.29) is 12.4 Å². The van der Waals surface area contributed by atoms with Crippen molar-refractivity contribution in [3.05, 3.63) is 28.8 Å². The third kappa shape index (κ3) is 2.52. The highest BCUT2D eigenvalue weighted by molar-refractivity contribution is 6.34. The first-order valence-electron chi connectivity index (χ1n) is 5.79. The first-order valence-corrected chi connectivity index (χ1v) is 6.16. The summed E-state index contributed by atoms with van der Waals surface area (Å²) in [6, 6.07) is 5.42. The van der Waals surface area contributed by atoms with Crippen molar-refractivity contribution in [3.63, 3.8) is 0 Å². The molecule has 0 aromatic heterocycles. The molecular weight excluding hydrogens is 254 g/mol. The third-order valence-electron chi connectivity index (χ3n) is 3.25. The number of hydrogen-bond donors (Lipinski definition) is 3. The predicted molar refractivity (Wildman–Crippen MR) is 71.4 cm³/mol. The summed E-state index contributed by atoms with van der Waals surface area (Å²) in [6.45, 7) is 1.95. The summed E-state index contributed by atoms with van der Waals surface area (Å²) in [6.07, 6.45) is 0.982. The fourth-order valence-electron chi connectivity index (χ4n) is 2.18. The molecule has 5 nitrogen and oxygen atoms in total. The summed E-state index contributed by atoms with van der Waals surface area (Å²) >= 11 is 6.10. The molecule has 0 spiro atoms. The molecule has 0 amide bonds. The molecule has 1 aromatic rings. The van der Waals surface area contributed by atoms with Crippen molar-refractivity contribution < 1.29 is 10.3 Å². The van der Waals surface area contributed by atoms with Crippen molar-refractivity contribution >= 4 is 23.1 Å². The molecule has 2 rings (SSSR count). The number of oxime groups is 1. The van der Waals surface area contributed by atoms with E-state index in [1.165, 1.54) is 0 Å². The lowest BCUT2D eigenvalue weighted by Gasteiger charge is -2.19. The molecular formula is C12H16ClN3O2. The second-order valence-electron chi connectivity index (χ2n) is 4.43. The van der Waals surface area contributed by atoms with Gasteiger partial charge in [-0.2, -0.15) is 0 Å². The Labute approximate surface area is 110 Å². The van der Waals surface area contributed by atoms with Crippen molar-refractivity contribution in [1.82, 2.24) is 0 Å². The van der Waals surface area contributed by atoms with E-state index >= 15 is 0 Å². The molecule has 1 fully saturated rings. The van der Waals surface area contributed by atoms with Crippen LogP contribution >= 0.6 is 11.6 Å². The van der Waals surface area contributed by atoms with Crippen LogP contribution in [0.5, 0.6) is 0 Å². The summed E-state index contributed by atoms with van der Waals surface area (Å²) in [5, 5.41) is 21.1. The maximum Gasteiger partial charge on any atom is 0.171 e. The number of rotatable bonds is 3. The Morgan fingerprint density at radius 1 is 1.56 bits per heavy atom. The Balaban J connectivity index is 2.19. The van der Waals surface area contributed by atoms with E-state index in [4.69, 9.17) is 27.6 Å². The van der Waals surface area contributed by atoms with Crippen molar-refractivity contribution in [2.45, 2.75) is 6.42 Å². The van der Waals surface area contributed by atoms with Gasteiger partial charge in [0.05, 0.1) is 5.02 Å². The number of aliphatic hydroxyl groups excluding tert-OH is 1. The second-order valence-corrected chi connectivity index (χ2v) is 4.84. The molecule has 1 aliphatic rings. The predicted octanol–water partition coefficient (Wildman–Crippen LogP) is 1.25. The van der Waals surface area contributed by atoms with E-state index < -0.39 is 0 Å². The SMILES string of the molecule is N/C(=N/O)c1ccc(N2CCC(CO)C2)cc1Cl. The number of halogens is 1. The van der Waals surface area contributed by atoms with Gasteiger partial charge in [0.2, 0.25) is 0 Å². The highest BCUT2D eigenvalue weighted by atomic mass is 35.5. The number of nitrogens with two attached hydrogens (primary N) is 1. The lowest BCUT2D eigenvalue weighted by molar-refractivity contribution is 0.238. The zero-order valence-electron chi connectivity index (χ0n) is 9.88. The van der Waals surface area contributed by atoms with Gasteiger partial charge in [0.1, 0.15) is 0 Å². The number of amidine groups is 1. The van der Waals surface area contributed by atoms with Crippen LogP contribution in [0.2, 0.25) is 5.02 Å². The Hall–Kier alpha value is -1.46. The summed E-state index contributed by atoms with van der Waals surface area (Å²) < 4.78 is 0. The monoisotopic (exact) mass is 269 g/mol. The van der Waals surface area contributed by atoms with E-state index in [9.17, 15) is 0 Å². The fraction of sp³-hybridized carbons (Fsp3) is 0.417. The van der Waals surface area contributed by atoms with Crippen LogP contribution in [0.1, 0.15) is 12.0 Å². The van der Waals surface area contributed by atoms with E-state index in [1.54, 1.807) is 12.1 Å². The third-order valence-corrected chi connectivity index (χ3v) is 3.56. The lowest BCUT2D eigenvalue weighted by atomic mass is 10.1. The summed E-state index contributed by atoms with van der Waals surface area (Å²) in [5.41, 5.74) is 7.02. The Morgan fingerprint density at radius 3 is 2.89 bits per heavy atom. The summed E-state index contributed by atoms with van der Waals surface area (Å²) in [4.78, 5) is 2.17. The molecule has 1 aromatic carbocycles. The molecule has 6 heteroatoms. The van der Waals surface area contributed by atoms with Crippen LogP contribution in [0.25, 0.3) is 0 Å². The average Bonchev–Trinajstić information content (AvgIpc) is 2.86. The van der Waals surface area contributed by atoms with Crippen LogP contribution in [-0.4, -0.2) is 35.8 Å². The van der Waals surface area contributed by atoms with Gasteiger partial charge in [-0.05, 0) is 24.6 Å². The molecule has 1 unspecified atom stereocenters. The topological polar surface area (TPSA) is 82.1 Å². The van der Waals surface area contributed by atoms with E-state index in [0.29, 0.717) is 16.5 Å². The number of anilines is 1. The van der Waals surface area contributed by atoms with Gasteiger partial charge >= 0.3 is 0 Å². The Morgan fingerprint density at radius 2 is 2.33 bits per heavy atom. The van der Waals surface area contributed by atoms with Crippen LogP contribution in [0.4, 0.5) is 5.69 Å². The molecule has 1 aliphatic heterocycles. The zero-order valence-corrected chi connectivity index (χ0v) is 10.6.